The summed E-state index contributed by atoms with van der Waals surface area (Å²) in [5.74, 6) is -0.919. The van der Waals surface area contributed by atoms with Crippen LogP contribution in [0, 0.1) is 0 Å². The Morgan fingerprint density at radius 2 is 2.12 bits per heavy atom. The van der Waals surface area contributed by atoms with Crippen LogP contribution in [0.5, 0.6) is 0 Å². The largest absolute Gasteiger partial charge is 0.477 e. The number of thiazole rings is 1. The molecule has 0 fully saturated rings. The van der Waals surface area contributed by atoms with E-state index in [-0.39, 0.29) is 11.5 Å². The first kappa shape index (κ1) is 13.1. The molecule has 0 aliphatic carbocycles. The first-order valence-electron chi connectivity index (χ1n) is 5.27. The molecule has 5 heteroatoms. The molecule has 0 bridgehead atoms. The van der Waals surface area contributed by atoms with Gasteiger partial charge in [-0.3, -0.25) is 0 Å². The van der Waals surface area contributed by atoms with E-state index in [1.807, 2.05) is 27.7 Å². The Kier molecular flexibility index (Phi) is 3.70. The number of aromatic nitrogens is 1. The van der Waals surface area contributed by atoms with E-state index in [2.05, 4.69) is 4.98 Å². The maximum absolute atomic E-state index is 11.1. The van der Waals surface area contributed by atoms with Gasteiger partial charge in [-0.2, -0.15) is 0 Å². The molecule has 0 radical (unpaired) electrons. The molecule has 4 nitrogen and oxygen atoms in total. The predicted octanol–water partition coefficient (Wildman–Crippen LogP) is 2.55. The zero-order valence-corrected chi connectivity index (χ0v) is 10.9. The van der Waals surface area contributed by atoms with Crippen molar-refractivity contribution in [2.45, 2.75) is 45.6 Å². The first-order chi connectivity index (χ1) is 7.27. The standard InChI is InChI=1S/C11H18N2O2S/c1-5-6(12)9-13-8(11(2,3)4)7(16-9)10(14)15/h6H,5,12H2,1-4H3,(H,14,15). The Balaban J connectivity index is 3.26. The summed E-state index contributed by atoms with van der Waals surface area (Å²) in [6, 6.07) is -0.167. The van der Waals surface area contributed by atoms with Gasteiger partial charge in [-0.05, 0) is 6.42 Å². The molecule has 1 aromatic heterocycles. The van der Waals surface area contributed by atoms with Gasteiger partial charge in [-0.1, -0.05) is 27.7 Å². The van der Waals surface area contributed by atoms with Crippen molar-refractivity contribution >= 4 is 17.3 Å². The molecule has 0 spiro atoms. The number of nitrogens with zero attached hydrogens (tertiary/aromatic N) is 1. The van der Waals surface area contributed by atoms with Crippen LogP contribution in [0.4, 0.5) is 0 Å². The van der Waals surface area contributed by atoms with Crippen molar-refractivity contribution in [1.29, 1.82) is 0 Å². The SMILES string of the molecule is CCC(N)c1nc(C(C)(C)C)c(C(=O)O)s1. The maximum atomic E-state index is 11.1. The lowest BCUT2D eigenvalue weighted by Crippen LogP contribution is -2.16. The quantitative estimate of drug-likeness (QED) is 0.854. The lowest BCUT2D eigenvalue weighted by molar-refractivity contribution is 0.0699. The van der Waals surface area contributed by atoms with Gasteiger partial charge >= 0.3 is 5.97 Å². The van der Waals surface area contributed by atoms with Gasteiger partial charge in [-0.15, -0.1) is 11.3 Å². The Labute approximate surface area is 99.5 Å². The van der Waals surface area contributed by atoms with Gasteiger partial charge in [0.05, 0.1) is 11.7 Å². The molecule has 0 aliphatic rings. The number of carboxylic acids is 1. The van der Waals surface area contributed by atoms with Crippen molar-refractivity contribution < 1.29 is 9.90 Å². The minimum absolute atomic E-state index is 0.167. The molecule has 1 unspecified atom stereocenters. The van der Waals surface area contributed by atoms with Gasteiger partial charge in [0.15, 0.2) is 0 Å². The normalized spacial score (nSPS) is 13.8. The molecule has 0 aromatic carbocycles. The van der Waals surface area contributed by atoms with Crippen LogP contribution in [0.1, 0.15) is 60.5 Å². The number of hydrogen-bond acceptors (Lipinski definition) is 4. The van der Waals surface area contributed by atoms with Crippen LogP contribution >= 0.6 is 11.3 Å². The molecule has 1 atom stereocenters. The summed E-state index contributed by atoms with van der Waals surface area (Å²) in [6.45, 7) is 7.82. The number of hydrogen-bond donors (Lipinski definition) is 2. The third-order valence-corrected chi connectivity index (χ3v) is 3.48. The van der Waals surface area contributed by atoms with Gasteiger partial charge in [-0.25, -0.2) is 9.78 Å². The summed E-state index contributed by atoms with van der Waals surface area (Å²) in [7, 11) is 0. The van der Waals surface area contributed by atoms with E-state index in [1.165, 1.54) is 11.3 Å². The monoisotopic (exact) mass is 242 g/mol. The van der Waals surface area contributed by atoms with Gasteiger partial charge in [0.25, 0.3) is 0 Å². The third kappa shape index (κ3) is 2.59. The van der Waals surface area contributed by atoms with Crippen LogP contribution in [0.2, 0.25) is 0 Å². The van der Waals surface area contributed by atoms with Crippen LogP contribution in [0.25, 0.3) is 0 Å². The minimum Gasteiger partial charge on any atom is -0.477 e. The number of rotatable bonds is 3. The van der Waals surface area contributed by atoms with Crippen molar-refractivity contribution in [1.82, 2.24) is 4.98 Å². The molecule has 0 saturated carbocycles. The molecule has 1 aromatic rings. The average Bonchev–Trinajstić information content (AvgIpc) is 2.60. The molecule has 0 amide bonds. The smallest absolute Gasteiger partial charge is 0.347 e. The Morgan fingerprint density at radius 1 is 1.56 bits per heavy atom. The molecule has 0 aliphatic heterocycles. The highest BCUT2D eigenvalue weighted by Crippen LogP contribution is 2.32. The topological polar surface area (TPSA) is 76.2 Å². The molecule has 1 heterocycles. The Hall–Kier alpha value is -0.940. The first-order valence-corrected chi connectivity index (χ1v) is 6.09. The lowest BCUT2D eigenvalue weighted by Gasteiger charge is -2.16. The maximum Gasteiger partial charge on any atom is 0.347 e. The molecule has 1 rings (SSSR count). The molecule has 90 valence electrons. The minimum atomic E-state index is -0.919. The third-order valence-electron chi connectivity index (χ3n) is 2.31. The molecular weight excluding hydrogens is 224 g/mol. The van der Waals surface area contributed by atoms with Gasteiger partial charge in [0.2, 0.25) is 0 Å². The number of carbonyl (C=O) groups is 1. The highest BCUT2D eigenvalue weighted by molar-refractivity contribution is 7.13. The fourth-order valence-corrected chi connectivity index (χ4v) is 2.52. The molecule has 3 N–H and O–H groups in total. The average molecular weight is 242 g/mol. The zero-order valence-electron chi connectivity index (χ0n) is 10.1. The summed E-state index contributed by atoms with van der Waals surface area (Å²) in [6.07, 6.45) is 0.760. The van der Waals surface area contributed by atoms with Crippen molar-refractivity contribution in [3.8, 4) is 0 Å². The van der Waals surface area contributed by atoms with Gasteiger partial charge in [0.1, 0.15) is 9.88 Å². The molecule has 16 heavy (non-hydrogen) atoms. The lowest BCUT2D eigenvalue weighted by atomic mass is 9.91. The van der Waals surface area contributed by atoms with E-state index in [0.717, 1.165) is 6.42 Å². The van der Waals surface area contributed by atoms with E-state index < -0.39 is 5.97 Å². The van der Waals surface area contributed by atoms with Crippen molar-refractivity contribution in [3.05, 3.63) is 15.6 Å². The Bertz CT molecular complexity index is 393. The van der Waals surface area contributed by atoms with Gasteiger partial charge < -0.3 is 10.8 Å². The second kappa shape index (κ2) is 4.51. The fraction of sp³-hybridized carbons (Fsp3) is 0.636. The van der Waals surface area contributed by atoms with Crippen LogP contribution < -0.4 is 5.73 Å². The van der Waals surface area contributed by atoms with Gasteiger partial charge in [0, 0.05) is 5.41 Å². The van der Waals surface area contributed by atoms with Crippen LogP contribution in [0.15, 0.2) is 0 Å². The molecular formula is C11H18N2O2S. The highest BCUT2D eigenvalue weighted by atomic mass is 32.1. The summed E-state index contributed by atoms with van der Waals surface area (Å²) >= 11 is 1.19. The summed E-state index contributed by atoms with van der Waals surface area (Å²) in [4.78, 5) is 15.8. The summed E-state index contributed by atoms with van der Waals surface area (Å²) in [5, 5.41) is 9.84. The van der Waals surface area contributed by atoms with E-state index in [0.29, 0.717) is 15.6 Å². The van der Waals surface area contributed by atoms with Crippen LogP contribution in [-0.2, 0) is 5.41 Å². The number of nitrogens with two attached hydrogens (primary N) is 1. The summed E-state index contributed by atoms with van der Waals surface area (Å²) < 4.78 is 0. The number of carboxylic acid groups (broad SMARTS) is 1. The Morgan fingerprint density at radius 3 is 2.44 bits per heavy atom. The van der Waals surface area contributed by atoms with Crippen molar-refractivity contribution in [2.75, 3.05) is 0 Å². The van der Waals surface area contributed by atoms with E-state index >= 15 is 0 Å². The fourth-order valence-electron chi connectivity index (χ4n) is 1.32. The van der Waals surface area contributed by atoms with Crippen LogP contribution in [-0.4, -0.2) is 16.1 Å². The molecule has 0 saturated heterocycles. The number of aromatic carboxylic acids is 1. The van der Waals surface area contributed by atoms with E-state index in [1.54, 1.807) is 0 Å². The highest BCUT2D eigenvalue weighted by Gasteiger charge is 2.27. The van der Waals surface area contributed by atoms with Crippen LogP contribution in [0.3, 0.4) is 0 Å². The second-order valence-corrected chi connectivity index (χ2v) is 5.83. The van der Waals surface area contributed by atoms with E-state index in [9.17, 15) is 4.79 Å². The summed E-state index contributed by atoms with van der Waals surface area (Å²) in [5.41, 5.74) is 6.24. The van der Waals surface area contributed by atoms with Crippen molar-refractivity contribution in [2.24, 2.45) is 5.73 Å². The van der Waals surface area contributed by atoms with Crippen molar-refractivity contribution in [3.63, 3.8) is 0 Å². The second-order valence-electron chi connectivity index (χ2n) is 4.80. The predicted molar refractivity (Wildman–Crippen MR) is 65.0 cm³/mol. The zero-order chi connectivity index (χ0) is 12.5. The van der Waals surface area contributed by atoms with E-state index in [4.69, 9.17) is 10.8 Å².